The Kier molecular flexibility index (Phi) is 3.87. The Labute approximate surface area is 128 Å². The standard InChI is InChI=1S/C16H22BrN3/c1-3-7-16(8-4-9-18-11-16)15-19-13-10-12(17)5-6-14(13)20(15)2/h5-6,10,18H,3-4,7-9,11H2,1-2H3. The van der Waals surface area contributed by atoms with Gasteiger partial charge in [-0.1, -0.05) is 29.3 Å². The number of aromatic nitrogens is 2. The molecule has 0 bridgehead atoms. The van der Waals surface area contributed by atoms with Gasteiger partial charge in [0.1, 0.15) is 5.82 Å². The van der Waals surface area contributed by atoms with E-state index < -0.39 is 0 Å². The van der Waals surface area contributed by atoms with Crippen molar-refractivity contribution in [2.45, 2.75) is 38.0 Å². The minimum absolute atomic E-state index is 0.202. The average molecular weight is 336 g/mol. The fourth-order valence-corrected chi connectivity index (χ4v) is 3.96. The van der Waals surface area contributed by atoms with Crippen molar-refractivity contribution in [3.8, 4) is 0 Å². The molecule has 108 valence electrons. The van der Waals surface area contributed by atoms with Gasteiger partial charge in [0.2, 0.25) is 0 Å². The molecule has 1 N–H and O–H groups in total. The van der Waals surface area contributed by atoms with Gasteiger partial charge in [-0.15, -0.1) is 0 Å². The molecule has 1 unspecified atom stereocenters. The predicted molar refractivity (Wildman–Crippen MR) is 87.1 cm³/mol. The highest BCUT2D eigenvalue weighted by molar-refractivity contribution is 9.10. The molecule has 0 aliphatic carbocycles. The summed E-state index contributed by atoms with van der Waals surface area (Å²) in [6, 6.07) is 6.37. The van der Waals surface area contributed by atoms with Gasteiger partial charge in [-0.3, -0.25) is 0 Å². The van der Waals surface area contributed by atoms with E-state index in [0.717, 1.165) is 23.1 Å². The quantitative estimate of drug-likeness (QED) is 0.925. The molecule has 3 nitrogen and oxygen atoms in total. The van der Waals surface area contributed by atoms with E-state index in [1.165, 1.54) is 37.0 Å². The average Bonchev–Trinajstić information content (AvgIpc) is 2.77. The first-order chi connectivity index (χ1) is 9.66. The van der Waals surface area contributed by atoms with Gasteiger partial charge in [0, 0.05) is 23.5 Å². The molecule has 1 aromatic heterocycles. The largest absolute Gasteiger partial charge is 0.331 e. The van der Waals surface area contributed by atoms with Crippen molar-refractivity contribution >= 4 is 27.0 Å². The molecule has 20 heavy (non-hydrogen) atoms. The van der Waals surface area contributed by atoms with E-state index in [4.69, 9.17) is 4.98 Å². The van der Waals surface area contributed by atoms with E-state index in [2.05, 4.69) is 58.0 Å². The summed E-state index contributed by atoms with van der Waals surface area (Å²) < 4.78 is 3.39. The van der Waals surface area contributed by atoms with E-state index in [1.54, 1.807) is 0 Å². The van der Waals surface area contributed by atoms with Crippen LogP contribution < -0.4 is 5.32 Å². The second-order valence-electron chi connectivity index (χ2n) is 5.94. The van der Waals surface area contributed by atoms with Gasteiger partial charge in [0.25, 0.3) is 0 Å². The molecule has 0 saturated carbocycles. The maximum absolute atomic E-state index is 4.98. The number of fused-ring (bicyclic) bond motifs is 1. The number of halogens is 1. The van der Waals surface area contributed by atoms with Crippen LogP contribution in [-0.4, -0.2) is 22.6 Å². The first-order valence-corrected chi connectivity index (χ1v) is 8.29. The van der Waals surface area contributed by atoms with Crippen LogP contribution in [0.2, 0.25) is 0 Å². The molecule has 1 saturated heterocycles. The summed E-state index contributed by atoms with van der Waals surface area (Å²) >= 11 is 3.54. The maximum Gasteiger partial charge on any atom is 0.117 e. The van der Waals surface area contributed by atoms with Crippen molar-refractivity contribution in [3.63, 3.8) is 0 Å². The number of nitrogens with zero attached hydrogens (tertiary/aromatic N) is 2. The maximum atomic E-state index is 4.98. The molecule has 1 aromatic carbocycles. The third kappa shape index (κ3) is 2.29. The Hall–Kier alpha value is -0.870. The van der Waals surface area contributed by atoms with E-state index >= 15 is 0 Å². The smallest absolute Gasteiger partial charge is 0.117 e. The minimum atomic E-state index is 0.202. The molecule has 2 aromatic rings. The fourth-order valence-electron chi connectivity index (χ4n) is 3.61. The molecular formula is C16H22BrN3. The molecule has 4 heteroatoms. The van der Waals surface area contributed by atoms with Crippen LogP contribution in [0.3, 0.4) is 0 Å². The molecular weight excluding hydrogens is 314 g/mol. The molecule has 3 rings (SSSR count). The predicted octanol–water partition coefficient (Wildman–Crippen LogP) is 3.76. The van der Waals surface area contributed by atoms with Gasteiger partial charge < -0.3 is 9.88 Å². The number of rotatable bonds is 3. The second-order valence-corrected chi connectivity index (χ2v) is 6.85. The first-order valence-electron chi connectivity index (χ1n) is 7.49. The van der Waals surface area contributed by atoms with E-state index in [0.29, 0.717) is 0 Å². The first kappa shape index (κ1) is 14.1. The van der Waals surface area contributed by atoms with Crippen LogP contribution in [0.15, 0.2) is 22.7 Å². The van der Waals surface area contributed by atoms with E-state index in [9.17, 15) is 0 Å². The zero-order valence-electron chi connectivity index (χ0n) is 12.2. The summed E-state index contributed by atoms with van der Waals surface area (Å²) in [7, 11) is 2.16. The van der Waals surface area contributed by atoms with Crippen LogP contribution in [0.4, 0.5) is 0 Å². The summed E-state index contributed by atoms with van der Waals surface area (Å²) in [6.45, 7) is 4.47. The molecule has 0 radical (unpaired) electrons. The Morgan fingerprint density at radius 3 is 3.00 bits per heavy atom. The van der Waals surface area contributed by atoms with Gasteiger partial charge in [-0.2, -0.15) is 0 Å². The van der Waals surface area contributed by atoms with Crippen molar-refractivity contribution in [2.24, 2.45) is 7.05 Å². The van der Waals surface area contributed by atoms with Crippen LogP contribution in [-0.2, 0) is 12.5 Å². The van der Waals surface area contributed by atoms with Gasteiger partial charge >= 0.3 is 0 Å². The van der Waals surface area contributed by atoms with Crippen molar-refractivity contribution < 1.29 is 0 Å². The molecule has 1 atom stereocenters. The van der Waals surface area contributed by atoms with Crippen molar-refractivity contribution in [1.82, 2.24) is 14.9 Å². The molecule has 0 spiro atoms. The molecule has 0 amide bonds. The number of hydrogen-bond acceptors (Lipinski definition) is 2. The normalized spacial score (nSPS) is 23.4. The Balaban J connectivity index is 2.13. The topological polar surface area (TPSA) is 29.9 Å². The lowest BCUT2D eigenvalue weighted by Gasteiger charge is -2.37. The molecule has 1 fully saturated rings. The number of benzene rings is 1. The highest BCUT2D eigenvalue weighted by Crippen LogP contribution is 2.36. The zero-order chi connectivity index (χ0) is 14.2. The SMILES string of the molecule is CCCC1(c2nc3cc(Br)ccc3n2C)CCCNC1. The van der Waals surface area contributed by atoms with Gasteiger partial charge in [0.05, 0.1) is 11.0 Å². The Morgan fingerprint density at radius 2 is 2.30 bits per heavy atom. The van der Waals surface area contributed by atoms with Crippen molar-refractivity contribution in [2.75, 3.05) is 13.1 Å². The van der Waals surface area contributed by atoms with Crippen LogP contribution in [0, 0.1) is 0 Å². The van der Waals surface area contributed by atoms with Gasteiger partial charge in [0.15, 0.2) is 0 Å². The number of aryl methyl sites for hydroxylation is 1. The lowest BCUT2D eigenvalue weighted by atomic mass is 9.76. The van der Waals surface area contributed by atoms with Crippen LogP contribution >= 0.6 is 15.9 Å². The number of nitrogens with one attached hydrogen (secondary N) is 1. The number of imidazole rings is 1. The van der Waals surface area contributed by atoms with Crippen molar-refractivity contribution in [3.05, 3.63) is 28.5 Å². The number of hydrogen-bond donors (Lipinski definition) is 1. The fraction of sp³-hybridized carbons (Fsp3) is 0.562. The van der Waals surface area contributed by atoms with E-state index in [-0.39, 0.29) is 5.41 Å². The summed E-state index contributed by atoms with van der Waals surface area (Å²) in [5.41, 5.74) is 2.52. The third-order valence-electron chi connectivity index (χ3n) is 4.52. The third-order valence-corrected chi connectivity index (χ3v) is 5.01. The Morgan fingerprint density at radius 1 is 1.45 bits per heavy atom. The lowest BCUT2D eigenvalue weighted by Crippen LogP contribution is -2.44. The molecule has 1 aliphatic heterocycles. The van der Waals surface area contributed by atoms with Gasteiger partial charge in [-0.25, -0.2) is 4.98 Å². The monoisotopic (exact) mass is 335 g/mol. The summed E-state index contributed by atoms with van der Waals surface area (Å²) in [5, 5.41) is 3.58. The molecule has 2 heterocycles. The highest BCUT2D eigenvalue weighted by Gasteiger charge is 2.37. The van der Waals surface area contributed by atoms with Crippen LogP contribution in [0.5, 0.6) is 0 Å². The van der Waals surface area contributed by atoms with Gasteiger partial charge in [-0.05, 0) is 44.0 Å². The Bertz CT molecular complexity index is 606. The number of piperidine rings is 1. The molecule has 1 aliphatic rings. The van der Waals surface area contributed by atoms with E-state index in [1.807, 2.05) is 0 Å². The van der Waals surface area contributed by atoms with Crippen LogP contribution in [0.25, 0.3) is 11.0 Å². The van der Waals surface area contributed by atoms with Crippen LogP contribution in [0.1, 0.15) is 38.4 Å². The summed E-state index contributed by atoms with van der Waals surface area (Å²) in [4.78, 5) is 4.98. The lowest BCUT2D eigenvalue weighted by molar-refractivity contribution is 0.271. The zero-order valence-corrected chi connectivity index (χ0v) is 13.8. The van der Waals surface area contributed by atoms with Crippen molar-refractivity contribution in [1.29, 1.82) is 0 Å². The summed E-state index contributed by atoms with van der Waals surface area (Å²) in [6.07, 6.45) is 4.89. The summed E-state index contributed by atoms with van der Waals surface area (Å²) in [5.74, 6) is 1.25. The highest BCUT2D eigenvalue weighted by atomic mass is 79.9. The second kappa shape index (κ2) is 5.49. The minimum Gasteiger partial charge on any atom is -0.331 e.